The summed E-state index contributed by atoms with van der Waals surface area (Å²) in [6, 6.07) is 7.05. The van der Waals surface area contributed by atoms with E-state index in [0.29, 0.717) is 23.6 Å². The molecule has 1 atom stereocenters. The van der Waals surface area contributed by atoms with Crippen molar-refractivity contribution in [3.05, 3.63) is 29.8 Å². The number of nitrogens with zero attached hydrogens (tertiary/aromatic N) is 2. The van der Waals surface area contributed by atoms with Gasteiger partial charge in [-0.25, -0.2) is 0 Å². The third-order valence-electron chi connectivity index (χ3n) is 4.85. The van der Waals surface area contributed by atoms with E-state index in [0.717, 1.165) is 43.7 Å². The minimum Gasteiger partial charge on any atom is -0.497 e. The van der Waals surface area contributed by atoms with Crippen molar-refractivity contribution in [2.24, 2.45) is 0 Å². The number of rotatable bonds is 8. The molecule has 1 aromatic carbocycles. The number of ether oxygens (including phenoxy) is 1. The molecule has 3 rings (SSSR count). The van der Waals surface area contributed by atoms with E-state index in [9.17, 15) is 9.90 Å². The molecule has 1 unspecified atom stereocenters. The second-order valence-electron chi connectivity index (χ2n) is 6.77. The van der Waals surface area contributed by atoms with Crippen LogP contribution in [0.4, 0.5) is 5.82 Å². The molecule has 1 saturated heterocycles. The summed E-state index contributed by atoms with van der Waals surface area (Å²) in [5.74, 6) is 1.47. The first-order valence-corrected chi connectivity index (χ1v) is 9.48. The van der Waals surface area contributed by atoms with E-state index in [-0.39, 0.29) is 18.6 Å². The van der Waals surface area contributed by atoms with Crippen LogP contribution in [-0.2, 0) is 0 Å². The summed E-state index contributed by atoms with van der Waals surface area (Å²) >= 11 is 0. The van der Waals surface area contributed by atoms with Crippen LogP contribution in [0.3, 0.4) is 0 Å². The largest absolute Gasteiger partial charge is 0.497 e. The maximum absolute atomic E-state index is 13.1. The molecule has 2 heterocycles. The Hall–Kier alpha value is -2.54. The SMILES string of the molecule is CCCC(CO)NC(=O)c1c(N2CCCC2)noc1-c1ccc(OC)cc1. The van der Waals surface area contributed by atoms with Crippen LogP contribution < -0.4 is 15.0 Å². The second-order valence-corrected chi connectivity index (χ2v) is 6.77. The average molecular weight is 373 g/mol. The van der Waals surface area contributed by atoms with Crippen LogP contribution in [0.15, 0.2) is 28.8 Å². The molecule has 146 valence electrons. The van der Waals surface area contributed by atoms with E-state index < -0.39 is 0 Å². The van der Waals surface area contributed by atoms with Crippen LogP contribution in [0.5, 0.6) is 5.75 Å². The van der Waals surface area contributed by atoms with Crippen LogP contribution in [0.1, 0.15) is 43.0 Å². The lowest BCUT2D eigenvalue weighted by molar-refractivity contribution is 0.0913. The number of aromatic nitrogens is 1. The Morgan fingerprint density at radius 3 is 2.63 bits per heavy atom. The van der Waals surface area contributed by atoms with Gasteiger partial charge in [0.25, 0.3) is 5.91 Å². The number of benzene rings is 1. The fraction of sp³-hybridized carbons (Fsp3) is 0.500. The normalized spacial score (nSPS) is 15.0. The molecular formula is C20H27N3O4. The monoisotopic (exact) mass is 373 g/mol. The highest BCUT2D eigenvalue weighted by Crippen LogP contribution is 2.33. The maximum atomic E-state index is 13.1. The van der Waals surface area contributed by atoms with Gasteiger partial charge in [0.2, 0.25) is 0 Å². The average Bonchev–Trinajstić information content (AvgIpc) is 3.37. The van der Waals surface area contributed by atoms with Gasteiger partial charge in [-0.3, -0.25) is 4.79 Å². The van der Waals surface area contributed by atoms with Gasteiger partial charge in [0.05, 0.1) is 19.8 Å². The lowest BCUT2D eigenvalue weighted by Gasteiger charge is -2.18. The summed E-state index contributed by atoms with van der Waals surface area (Å²) in [7, 11) is 1.61. The number of carbonyl (C=O) groups excluding carboxylic acids is 1. The number of amides is 1. The van der Waals surface area contributed by atoms with Gasteiger partial charge < -0.3 is 24.6 Å². The Morgan fingerprint density at radius 2 is 2.04 bits per heavy atom. The summed E-state index contributed by atoms with van der Waals surface area (Å²) in [5, 5.41) is 16.7. The molecule has 2 aromatic rings. The third-order valence-corrected chi connectivity index (χ3v) is 4.85. The number of methoxy groups -OCH3 is 1. The number of nitrogens with one attached hydrogen (secondary N) is 1. The van der Waals surface area contributed by atoms with Gasteiger partial charge in [-0.15, -0.1) is 0 Å². The van der Waals surface area contributed by atoms with Crippen LogP contribution in [0.25, 0.3) is 11.3 Å². The summed E-state index contributed by atoms with van der Waals surface area (Å²) < 4.78 is 10.8. The molecule has 1 aromatic heterocycles. The van der Waals surface area contributed by atoms with Crippen molar-refractivity contribution in [1.29, 1.82) is 0 Å². The quantitative estimate of drug-likeness (QED) is 0.740. The minimum absolute atomic E-state index is 0.0955. The third kappa shape index (κ3) is 4.24. The minimum atomic E-state index is -0.285. The summed E-state index contributed by atoms with van der Waals surface area (Å²) in [6.45, 7) is 3.63. The molecular weight excluding hydrogens is 346 g/mol. The van der Waals surface area contributed by atoms with Crippen molar-refractivity contribution in [3.63, 3.8) is 0 Å². The van der Waals surface area contributed by atoms with E-state index in [1.165, 1.54) is 0 Å². The number of aliphatic hydroxyl groups is 1. The van der Waals surface area contributed by atoms with Gasteiger partial charge in [0, 0.05) is 18.7 Å². The zero-order chi connectivity index (χ0) is 19.2. The maximum Gasteiger partial charge on any atom is 0.259 e. The van der Waals surface area contributed by atoms with Gasteiger partial charge in [-0.1, -0.05) is 18.5 Å². The van der Waals surface area contributed by atoms with Gasteiger partial charge in [-0.05, 0) is 43.5 Å². The first kappa shape index (κ1) is 19.2. The molecule has 1 aliphatic heterocycles. The zero-order valence-electron chi connectivity index (χ0n) is 15.9. The molecule has 7 nitrogen and oxygen atoms in total. The summed E-state index contributed by atoms with van der Waals surface area (Å²) in [4.78, 5) is 15.2. The lowest BCUT2D eigenvalue weighted by atomic mass is 10.1. The molecule has 2 N–H and O–H groups in total. The topological polar surface area (TPSA) is 87.8 Å². The van der Waals surface area contributed by atoms with Crippen molar-refractivity contribution >= 4 is 11.7 Å². The van der Waals surface area contributed by atoms with Crippen molar-refractivity contribution < 1.29 is 19.2 Å². The number of carbonyl (C=O) groups is 1. The van der Waals surface area contributed by atoms with E-state index in [1.807, 2.05) is 31.2 Å². The molecule has 0 radical (unpaired) electrons. The van der Waals surface area contributed by atoms with Crippen LogP contribution in [0.2, 0.25) is 0 Å². The van der Waals surface area contributed by atoms with Gasteiger partial charge in [-0.2, -0.15) is 0 Å². The first-order valence-electron chi connectivity index (χ1n) is 9.48. The van der Waals surface area contributed by atoms with Gasteiger partial charge >= 0.3 is 0 Å². The molecule has 0 spiro atoms. The van der Waals surface area contributed by atoms with E-state index in [2.05, 4.69) is 15.4 Å². The highest BCUT2D eigenvalue weighted by molar-refractivity contribution is 6.04. The molecule has 27 heavy (non-hydrogen) atoms. The Balaban J connectivity index is 1.96. The Labute approximate surface area is 159 Å². The fourth-order valence-corrected chi connectivity index (χ4v) is 3.39. The number of hydrogen-bond donors (Lipinski definition) is 2. The van der Waals surface area contributed by atoms with E-state index in [4.69, 9.17) is 9.26 Å². The van der Waals surface area contributed by atoms with Crippen LogP contribution in [-0.4, -0.2) is 49.0 Å². The predicted octanol–water partition coefficient (Wildman–Crippen LogP) is 2.84. The van der Waals surface area contributed by atoms with Crippen molar-refractivity contribution in [3.8, 4) is 17.1 Å². The van der Waals surface area contributed by atoms with Crippen molar-refractivity contribution in [1.82, 2.24) is 10.5 Å². The Bertz CT molecular complexity index is 751. The molecule has 0 aliphatic carbocycles. The number of anilines is 1. The summed E-state index contributed by atoms with van der Waals surface area (Å²) in [5.41, 5.74) is 1.19. The smallest absolute Gasteiger partial charge is 0.259 e. The second kappa shape index (κ2) is 8.90. The Morgan fingerprint density at radius 1 is 1.33 bits per heavy atom. The predicted molar refractivity (Wildman–Crippen MR) is 103 cm³/mol. The highest BCUT2D eigenvalue weighted by Gasteiger charge is 2.30. The number of aliphatic hydroxyl groups excluding tert-OH is 1. The molecule has 1 fully saturated rings. The van der Waals surface area contributed by atoms with E-state index >= 15 is 0 Å². The van der Waals surface area contributed by atoms with Gasteiger partial charge in [0.15, 0.2) is 11.6 Å². The van der Waals surface area contributed by atoms with E-state index in [1.54, 1.807) is 7.11 Å². The summed E-state index contributed by atoms with van der Waals surface area (Å²) in [6.07, 6.45) is 3.73. The standard InChI is InChI=1S/C20H27N3O4/c1-3-6-15(13-24)21-20(25)17-18(14-7-9-16(26-2)10-8-14)27-22-19(17)23-11-4-5-12-23/h7-10,15,24H,3-6,11-13H2,1-2H3,(H,21,25). The Kier molecular flexibility index (Phi) is 6.34. The molecule has 1 aliphatic rings. The van der Waals surface area contributed by atoms with Crippen LogP contribution in [0, 0.1) is 0 Å². The van der Waals surface area contributed by atoms with Crippen molar-refractivity contribution in [2.75, 3.05) is 31.7 Å². The fourth-order valence-electron chi connectivity index (χ4n) is 3.39. The molecule has 1 amide bonds. The van der Waals surface area contributed by atoms with Crippen molar-refractivity contribution in [2.45, 2.75) is 38.6 Å². The molecule has 0 bridgehead atoms. The van der Waals surface area contributed by atoms with Gasteiger partial charge in [0.1, 0.15) is 11.3 Å². The highest BCUT2D eigenvalue weighted by atomic mass is 16.5. The zero-order valence-corrected chi connectivity index (χ0v) is 15.9. The molecule has 0 saturated carbocycles. The molecule has 7 heteroatoms. The van der Waals surface area contributed by atoms with Crippen LogP contribution >= 0.6 is 0 Å². The number of hydrogen-bond acceptors (Lipinski definition) is 6. The lowest BCUT2D eigenvalue weighted by Crippen LogP contribution is -2.38. The first-order chi connectivity index (χ1) is 13.2.